The van der Waals surface area contributed by atoms with Gasteiger partial charge in [0.2, 0.25) is 9.76 Å². The summed E-state index contributed by atoms with van der Waals surface area (Å²) in [7, 11) is -0.779. The summed E-state index contributed by atoms with van der Waals surface area (Å²) in [4.78, 5) is 11.3. The van der Waals surface area contributed by atoms with Gasteiger partial charge in [0.15, 0.2) is 0 Å². The first-order valence-electron chi connectivity index (χ1n) is 5.78. The second-order valence-electron chi connectivity index (χ2n) is 5.16. The Morgan fingerprint density at radius 1 is 1.53 bits per heavy atom. The Kier molecular flexibility index (Phi) is 4.14. The van der Waals surface area contributed by atoms with Crippen molar-refractivity contribution in [2.75, 3.05) is 0 Å². The fourth-order valence-corrected chi connectivity index (χ4v) is 3.73. The molecule has 2 unspecified atom stereocenters. The van der Waals surface area contributed by atoms with E-state index in [1.165, 1.54) is 25.7 Å². The molecule has 0 bridgehead atoms. The van der Waals surface area contributed by atoms with Gasteiger partial charge in [-0.2, -0.15) is 0 Å². The van der Waals surface area contributed by atoms with Crippen LogP contribution < -0.4 is 0 Å². The van der Waals surface area contributed by atoms with E-state index in [1.54, 1.807) is 6.92 Å². The van der Waals surface area contributed by atoms with Crippen molar-refractivity contribution >= 4 is 15.7 Å². The normalized spacial score (nSPS) is 31.8. The van der Waals surface area contributed by atoms with Gasteiger partial charge in [-0.15, -0.1) is 0 Å². The Bertz CT molecular complexity index is 262. The number of carbonyl (C=O) groups is 1. The molecule has 0 aromatic heterocycles. The van der Waals surface area contributed by atoms with Crippen LogP contribution in [0.4, 0.5) is 0 Å². The minimum atomic E-state index is -0.779. The summed E-state index contributed by atoms with van der Waals surface area (Å²) < 4.78 is 5.42. The van der Waals surface area contributed by atoms with Crippen molar-refractivity contribution in [3.63, 3.8) is 0 Å². The highest BCUT2D eigenvalue weighted by molar-refractivity contribution is 6.36. The van der Waals surface area contributed by atoms with Crippen LogP contribution in [-0.2, 0) is 9.22 Å². The van der Waals surface area contributed by atoms with E-state index in [2.05, 4.69) is 20.4 Å². The highest BCUT2D eigenvalue weighted by Crippen LogP contribution is 2.46. The fourth-order valence-electron chi connectivity index (χ4n) is 2.14. The van der Waals surface area contributed by atoms with Crippen molar-refractivity contribution in [2.45, 2.75) is 51.5 Å². The summed E-state index contributed by atoms with van der Waals surface area (Å²) in [5, 5.41) is 0.309. The van der Waals surface area contributed by atoms with Crippen LogP contribution in [0.1, 0.15) is 46.5 Å². The lowest BCUT2D eigenvalue weighted by atomic mass is 9.81. The summed E-state index contributed by atoms with van der Waals surface area (Å²) in [5.41, 5.74) is 0.523. The number of hydrogen-bond donors (Lipinski definition) is 0. The smallest absolute Gasteiger partial charge is 0.319 e. The van der Waals surface area contributed by atoms with Crippen LogP contribution in [-0.4, -0.2) is 15.7 Å². The van der Waals surface area contributed by atoms with Crippen molar-refractivity contribution < 1.29 is 9.22 Å². The lowest BCUT2D eigenvalue weighted by molar-refractivity contribution is -0.130. The van der Waals surface area contributed by atoms with Crippen molar-refractivity contribution in [3.8, 4) is 0 Å². The molecule has 1 rings (SSSR count). The van der Waals surface area contributed by atoms with E-state index in [0.717, 1.165) is 0 Å². The predicted molar refractivity (Wildman–Crippen MR) is 65.4 cm³/mol. The van der Waals surface area contributed by atoms with Crippen LogP contribution in [0.25, 0.3) is 0 Å². The predicted octanol–water partition coefficient (Wildman–Crippen LogP) is 2.58. The van der Waals surface area contributed by atoms with Crippen molar-refractivity contribution in [2.24, 2.45) is 5.92 Å². The molecule has 0 aromatic rings. The third-order valence-electron chi connectivity index (χ3n) is 3.71. The molecular weight excluding hydrogens is 204 g/mol. The van der Waals surface area contributed by atoms with E-state index < -0.39 is 9.76 Å². The second-order valence-corrected chi connectivity index (χ2v) is 7.35. The molecule has 0 heterocycles. The quantitative estimate of drug-likeness (QED) is 0.546. The van der Waals surface area contributed by atoms with E-state index in [1.807, 2.05) is 0 Å². The third kappa shape index (κ3) is 3.19. The summed E-state index contributed by atoms with van der Waals surface area (Å²) >= 11 is 0. The molecule has 0 radical (unpaired) electrons. The molecule has 1 saturated carbocycles. The van der Waals surface area contributed by atoms with Gasteiger partial charge in [0.1, 0.15) is 0 Å². The fraction of sp³-hybridized carbons (Fsp3) is 0.750. The Morgan fingerprint density at radius 3 is 2.73 bits per heavy atom. The molecule has 0 spiro atoms. The van der Waals surface area contributed by atoms with Gasteiger partial charge >= 0.3 is 5.97 Å². The molecule has 2 atom stereocenters. The van der Waals surface area contributed by atoms with Gasteiger partial charge < -0.3 is 4.43 Å². The van der Waals surface area contributed by atoms with Gasteiger partial charge in [0.05, 0.1) is 0 Å². The minimum absolute atomic E-state index is 0.194. The summed E-state index contributed by atoms with van der Waals surface area (Å²) in [6, 6.07) is 0. The summed E-state index contributed by atoms with van der Waals surface area (Å²) in [6.07, 6.45) is 5.13. The van der Waals surface area contributed by atoms with E-state index in [4.69, 9.17) is 4.43 Å². The molecule has 0 aliphatic heterocycles. The molecule has 1 aliphatic carbocycles. The zero-order valence-electron chi connectivity index (χ0n) is 10.1. The molecule has 0 amide bonds. The first-order chi connectivity index (χ1) is 6.96. The van der Waals surface area contributed by atoms with Crippen LogP contribution >= 0.6 is 0 Å². The summed E-state index contributed by atoms with van der Waals surface area (Å²) in [6.45, 7) is 9.90. The Balaban J connectivity index is 2.48. The molecule has 0 N–H and O–H groups in total. The molecule has 1 fully saturated rings. The van der Waals surface area contributed by atoms with Gasteiger partial charge in [-0.3, -0.25) is 0 Å². The Labute approximate surface area is 95.0 Å². The lowest BCUT2D eigenvalue weighted by Crippen LogP contribution is -2.31. The SMILES string of the molecule is C=C(C)C(=O)O[SiH2]C1(C)CCCCC1C. The van der Waals surface area contributed by atoms with Crippen molar-refractivity contribution in [3.05, 3.63) is 12.2 Å². The standard InChI is InChI=1S/C12H22O2Si/c1-9(2)11(13)14-15-12(4)8-6-5-7-10(12)3/h10H,1,5-8,15H2,2-4H3. The summed E-state index contributed by atoms with van der Waals surface area (Å²) in [5.74, 6) is 0.511. The average molecular weight is 226 g/mol. The molecule has 0 saturated heterocycles. The number of rotatable bonds is 3. The lowest BCUT2D eigenvalue weighted by Gasteiger charge is -2.38. The number of hydrogen-bond acceptors (Lipinski definition) is 2. The Morgan fingerprint density at radius 2 is 2.20 bits per heavy atom. The molecular formula is C12H22O2Si. The molecule has 0 aromatic carbocycles. The third-order valence-corrected chi connectivity index (χ3v) is 5.82. The topological polar surface area (TPSA) is 26.3 Å². The maximum absolute atomic E-state index is 11.3. The molecule has 2 nitrogen and oxygen atoms in total. The van der Waals surface area contributed by atoms with E-state index >= 15 is 0 Å². The van der Waals surface area contributed by atoms with E-state index in [9.17, 15) is 4.79 Å². The molecule has 15 heavy (non-hydrogen) atoms. The average Bonchev–Trinajstić information content (AvgIpc) is 2.19. The zero-order valence-corrected chi connectivity index (χ0v) is 11.6. The van der Waals surface area contributed by atoms with Gasteiger partial charge in [-0.05, 0) is 24.3 Å². The molecule has 1 aliphatic rings. The Hall–Kier alpha value is -0.573. The van der Waals surface area contributed by atoms with Crippen molar-refractivity contribution in [1.82, 2.24) is 0 Å². The van der Waals surface area contributed by atoms with Gasteiger partial charge in [-0.25, -0.2) is 4.79 Å². The highest BCUT2D eigenvalue weighted by atomic mass is 28.2. The van der Waals surface area contributed by atoms with Crippen LogP contribution in [0.2, 0.25) is 5.04 Å². The maximum atomic E-state index is 11.3. The minimum Gasteiger partial charge on any atom is -0.521 e. The molecule has 3 heteroatoms. The molecule has 86 valence electrons. The van der Waals surface area contributed by atoms with Gasteiger partial charge in [-0.1, -0.05) is 39.7 Å². The van der Waals surface area contributed by atoms with Gasteiger partial charge in [0.25, 0.3) is 0 Å². The largest absolute Gasteiger partial charge is 0.521 e. The second kappa shape index (κ2) is 4.97. The maximum Gasteiger partial charge on any atom is 0.319 e. The zero-order chi connectivity index (χ0) is 11.5. The van der Waals surface area contributed by atoms with E-state index in [-0.39, 0.29) is 5.97 Å². The first kappa shape index (κ1) is 12.5. The van der Waals surface area contributed by atoms with E-state index in [0.29, 0.717) is 16.5 Å². The monoisotopic (exact) mass is 226 g/mol. The number of carbonyl (C=O) groups excluding carboxylic acids is 1. The van der Waals surface area contributed by atoms with Crippen LogP contribution in [0.15, 0.2) is 12.2 Å². The van der Waals surface area contributed by atoms with Crippen molar-refractivity contribution in [1.29, 1.82) is 0 Å². The highest BCUT2D eigenvalue weighted by Gasteiger charge is 2.35. The van der Waals surface area contributed by atoms with Gasteiger partial charge in [0, 0.05) is 5.57 Å². The van der Waals surface area contributed by atoms with Crippen LogP contribution in [0, 0.1) is 5.92 Å². The first-order valence-corrected chi connectivity index (χ1v) is 7.07. The van der Waals surface area contributed by atoms with Crippen LogP contribution in [0.3, 0.4) is 0 Å². The van der Waals surface area contributed by atoms with Crippen LogP contribution in [0.5, 0.6) is 0 Å².